The second-order valence-corrected chi connectivity index (χ2v) is 7.68. The summed E-state index contributed by atoms with van der Waals surface area (Å²) < 4.78 is 0. The molecule has 0 aliphatic heterocycles. The number of hydrogen-bond donors (Lipinski definition) is 1. The SMILES string of the molecule is Cc1nc(C(C)C)sc1C(C)N(C)Cc1nc(C(=O)O)cs1. The molecule has 0 saturated heterocycles. The molecule has 120 valence electrons. The quantitative estimate of drug-likeness (QED) is 0.864. The number of carboxylic acid groups (broad SMARTS) is 1. The first-order valence-corrected chi connectivity index (χ1v) is 8.84. The summed E-state index contributed by atoms with van der Waals surface area (Å²) in [7, 11) is 2.03. The third kappa shape index (κ3) is 3.71. The predicted octanol–water partition coefficient (Wildman–Crippen LogP) is 3.92. The van der Waals surface area contributed by atoms with Crippen molar-refractivity contribution in [1.82, 2.24) is 14.9 Å². The second kappa shape index (κ2) is 6.85. The Balaban J connectivity index is 2.11. The Morgan fingerprint density at radius 3 is 2.55 bits per heavy atom. The minimum atomic E-state index is -0.974. The van der Waals surface area contributed by atoms with Crippen LogP contribution < -0.4 is 0 Å². The van der Waals surface area contributed by atoms with E-state index in [9.17, 15) is 4.79 Å². The van der Waals surface area contributed by atoms with E-state index in [-0.39, 0.29) is 11.7 Å². The highest BCUT2D eigenvalue weighted by Gasteiger charge is 2.20. The lowest BCUT2D eigenvalue weighted by molar-refractivity contribution is 0.0691. The summed E-state index contributed by atoms with van der Waals surface area (Å²) in [5.74, 6) is -0.537. The largest absolute Gasteiger partial charge is 0.476 e. The monoisotopic (exact) mass is 339 g/mol. The predicted molar refractivity (Wildman–Crippen MR) is 89.9 cm³/mol. The lowest BCUT2D eigenvalue weighted by atomic mass is 10.2. The van der Waals surface area contributed by atoms with Crippen LogP contribution in [0.2, 0.25) is 0 Å². The van der Waals surface area contributed by atoms with Crippen molar-refractivity contribution >= 4 is 28.6 Å². The number of thiazole rings is 2. The zero-order valence-electron chi connectivity index (χ0n) is 13.5. The standard InChI is InChI=1S/C15H21N3O2S2/c1-8(2)14-16-9(3)13(22-14)10(4)18(5)6-12-17-11(7-21-12)15(19)20/h7-8,10H,6H2,1-5H3,(H,19,20). The number of aryl methyl sites for hydroxylation is 1. The molecule has 2 aromatic rings. The summed E-state index contributed by atoms with van der Waals surface area (Å²) in [6.07, 6.45) is 0. The molecule has 0 aliphatic carbocycles. The van der Waals surface area contributed by atoms with Crippen LogP contribution in [0.15, 0.2) is 5.38 Å². The van der Waals surface area contributed by atoms with Crippen molar-refractivity contribution in [3.05, 3.63) is 31.7 Å². The molecule has 7 heteroatoms. The highest BCUT2D eigenvalue weighted by molar-refractivity contribution is 7.12. The van der Waals surface area contributed by atoms with E-state index >= 15 is 0 Å². The summed E-state index contributed by atoms with van der Waals surface area (Å²) in [4.78, 5) is 23.1. The van der Waals surface area contributed by atoms with Crippen LogP contribution in [0, 0.1) is 6.92 Å². The van der Waals surface area contributed by atoms with Gasteiger partial charge in [0.15, 0.2) is 5.69 Å². The average Bonchev–Trinajstić information content (AvgIpc) is 3.04. The third-order valence-corrected chi connectivity index (χ3v) is 6.00. The Bertz CT molecular complexity index is 664. The minimum Gasteiger partial charge on any atom is -0.476 e. The van der Waals surface area contributed by atoms with E-state index in [0.29, 0.717) is 12.5 Å². The van der Waals surface area contributed by atoms with Gasteiger partial charge in [0.05, 0.1) is 17.2 Å². The molecule has 2 rings (SSSR count). The van der Waals surface area contributed by atoms with Crippen LogP contribution in [0.1, 0.15) is 63.8 Å². The van der Waals surface area contributed by atoms with Gasteiger partial charge in [-0.25, -0.2) is 14.8 Å². The number of aromatic nitrogens is 2. The number of carbonyl (C=O) groups is 1. The molecule has 0 bridgehead atoms. The first kappa shape index (κ1) is 17.1. The lowest BCUT2D eigenvalue weighted by Crippen LogP contribution is -2.21. The lowest BCUT2D eigenvalue weighted by Gasteiger charge is -2.23. The molecule has 0 saturated carbocycles. The maximum atomic E-state index is 10.9. The molecule has 0 spiro atoms. The molecular weight excluding hydrogens is 318 g/mol. The van der Waals surface area contributed by atoms with Gasteiger partial charge in [0.1, 0.15) is 5.01 Å². The Kier molecular flexibility index (Phi) is 5.31. The Morgan fingerprint density at radius 1 is 1.36 bits per heavy atom. The number of rotatable bonds is 6. The number of nitrogens with zero attached hydrogens (tertiary/aromatic N) is 3. The Labute approximate surface area is 138 Å². The highest BCUT2D eigenvalue weighted by Crippen LogP contribution is 2.32. The van der Waals surface area contributed by atoms with E-state index in [1.54, 1.807) is 16.7 Å². The van der Waals surface area contributed by atoms with E-state index in [4.69, 9.17) is 5.11 Å². The molecule has 1 N–H and O–H groups in total. The molecule has 0 radical (unpaired) electrons. The van der Waals surface area contributed by atoms with Gasteiger partial charge in [-0.05, 0) is 20.9 Å². The minimum absolute atomic E-state index is 0.122. The van der Waals surface area contributed by atoms with E-state index in [2.05, 4.69) is 35.6 Å². The summed E-state index contributed by atoms with van der Waals surface area (Å²) in [5, 5.41) is 12.5. The summed E-state index contributed by atoms with van der Waals surface area (Å²) >= 11 is 3.15. The first-order chi connectivity index (χ1) is 10.3. The summed E-state index contributed by atoms with van der Waals surface area (Å²) in [6.45, 7) is 9.14. The van der Waals surface area contributed by atoms with Gasteiger partial charge >= 0.3 is 5.97 Å². The molecule has 2 aromatic heterocycles. The molecule has 0 aliphatic rings. The summed E-state index contributed by atoms with van der Waals surface area (Å²) in [6, 6.07) is 0.224. The van der Waals surface area contributed by atoms with Gasteiger partial charge in [-0.15, -0.1) is 22.7 Å². The zero-order valence-corrected chi connectivity index (χ0v) is 15.1. The molecule has 2 heterocycles. The topological polar surface area (TPSA) is 66.3 Å². The summed E-state index contributed by atoms with van der Waals surface area (Å²) in [5.41, 5.74) is 1.20. The van der Waals surface area contributed by atoms with Gasteiger partial charge in [-0.2, -0.15) is 0 Å². The van der Waals surface area contributed by atoms with Crippen molar-refractivity contribution in [2.45, 2.75) is 46.2 Å². The van der Waals surface area contributed by atoms with Crippen LogP contribution in [-0.2, 0) is 6.54 Å². The molecule has 0 fully saturated rings. The van der Waals surface area contributed by atoms with Crippen molar-refractivity contribution in [3.63, 3.8) is 0 Å². The van der Waals surface area contributed by atoms with Gasteiger partial charge in [-0.3, -0.25) is 4.90 Å². The zero-order chi connectivity index (χ0) is 16.4. The Morgan fingerprint density at radius 2 is 2.05 bits per heavy atom. The van der Waals surface area contributed by atoms with Crippen molar-refractivity contribution < 1.29 is 9.90 Å². The molecule has 1 atom stereocenters. The van der Waals surface area contributed by atoms with Crippen LogP contribution in [-0.4, -0.2) is 33.0 Å². The molecular formula is C15H21N3O2S2. The maximum Gasteiger partial charge on any atom is 0.355 e. The van der Waals surface area contributed by atoms with Crippen molar-refractivity contribution in [1.29, 1.82) is 0 Å². The van der Waals surface area contributed by atoms with Gasteiger partial charge < -0.3 is 5.11 Å². The second-order valence-electron chi connectivity index (χ2n) is 5.68. The third-order valence-electron chi connectivity index (χ3n) is 3.54. The van der Waals surface area contributed by atoms with E-state index < -0.39 is 5.97 Å². The van der Waals surface area contributed by atoms with Crippen molar-refractivity contribution in [3.8, 4) is 0 Å². The Hall–Kier alpha value is -1.31. The normalized spacial score (nSPS) is 13.0. The number of hydrogen-bond acceptors (Lipinski definition) is 6. The fourth-order valence-electron chi connectivity index (χ4n) is 2.10. The van der Waals surface area contributed by atoms with Crippen LogP contribution >= 0.6 is 22.7 Å². The van der Waals surface area contributed by atoms with Crippen LogP contribution in [0.25, 0.3) is 0 Å². The van der Waals surface area contributed by atoms with Crippen molar-refractivity contribution in [2.24, 2.45) is 0 Å². The van der Waals surface area contributed by atoms with Gasteiger partial charge in [0, 0.05) is 22.2 Å². The van der Waals surface area contributed by atoms with E-state index in [1.807, 2.05) is 14.0 Å². The van der Waals surface area contributed by atoms with Gasteiger partial charge in [0.2, 0.25) is 0 Å². The van der Waals surface area contributed by atoms with Crippen molar-refractivity contribution in [2.75, 3.05) is 7.05 Å². The molecule has 5 nitrogen and oxygen atoms in total. The molecule has 0 aromatic carbocycles. The highest BCUT2D eigenvalue weighted by atomic mass is 32.1. The van der Waals surface area contributed by atoms with Crippen LogP contribution in [0.5, 0.6) is 0 Å². The molecule has 1 unspecified atom stereocenters. The fraction of sp³-hybridized carbons (Fsp3) is 0.533. The van der Waals surface area contributed by atoms with Gasteiger partial charge in [-0.1, -0.05) is 13.8 Å². The number of carboxylic acids is 1. The van der Waals surface area contributed by atoms with Crippen LogP contribution in [0.4, 0.5) is 0 Å². The first-order valence-electron chi connectivity index (χ1n) is 7.14. The smallest absolute Gasteiger partial charge is 0.355 e. The average molecular weight is 339 g/mol. The van der Waals surface area contributed by atoms with E-state index in [1.165, 1.54) is 16.2 Å². The molecule has 22 heavy (non-hydrogen) atoms. The maximum absolute atomic E-state index is 10.9. The van der Waals surface area contributed by atoms with Gasteiger partial charge in [0.25, 0.3) is 0 Å². The van der Waals surface area contributed by atoms with E-state index in [0.717, 1.165) is 15.7 Å². The molecule has 0 amide bonds. The fourth-order valence-corrected chi connectivity index (χ4v) is 4.11. The number of aromatic carboxylic acids is 1. The van der Waals surface area contributed by atoms with Crippen LogP contribution in [0.3, 0.4) is 0 Å².